The Labute approximate surface area is 69.5 Å². The fraction of sp³-hybridized carbons (Fsp3) is 1.00. The Kier molecular flexibility index (Phi) is 3.38. The van der Waals surface area contributed by atoms with Crippen LogP contribution >= 0.6 is 11.6 Å². The van der Waals surface area contributed by atoms with Gasteiger partial charge in [-0.15, -0.1) is 0 Å². The molecule has 0 aromatic rings. The van der Waals surface area contributed by atoms with Crippen molar-refractivity contribution in [2.24, 2.45) is 16.4 Å². The van der Waals surface area contributed by atoms with E-state index >= 15 is 0 Å². The van der Waals surface area contributed by atoms with Gasteiger partial charge in [0.05, 0.1) is 0 Å². The van der Waals surface area contributed by atoms with E-state index < -0.39 is 0 Å². The standard InChI is InChI=1S/C5H10ClN3O2/c6-4-11-8-7-9-1-5(2-9)3-10/h5,10H,1-4H2. The molecule has 0 aliphatic carbocycles. The van der Waals surface area contributed by atoms with Gasteiger partial charge in [0.1, 0.15) is 0 Å². The molecule has 1 aliphatic heterocycles. The number of aliphatic hydroxyl groups is 1. The molecule has 1 aliphatic rings. The van der Waals surface area contributed by atoms with E-state index in [2.05, 4.69) is 15.3 Å². The first-order chi connectivity index (χ1) is 5.36. The summed E-state index contributed by atoms with van der Waals surface area (Å²) in [5.74, 6) is 0.338. The van der Waals surface area contributed by atoms with Gasteiger partial charge in [-0.05, 0) is 5.22 Å². The number of aliphatic hydroxyl groups excluding tert-OH is 1. The van der Waals surface area contributed by atoms with Crippen LogP contribution in [0.3, 0.4) is 0 Å². The second-order valence-corrected chi connectivity index (χ2v) is 2.55. The highest BCUT2D eigenvalue weighted by Crippen LogP contribution is 2.14. The third kappa shape index (κ3) is 2.51. The minimum atomic E-state index is 0.0147. The van der Waals surface area contributed by atoms with Crippen LogP contribution in [-0.4, -0.2) is 35.9 Å². The normalized spacial score (nSPS) is 18.9. The third-order valence-corrected chi connectivity index (χ3v) is 1.56. The molecule has 1 saturated heterocycles. The van der Waals surface area contributed by atoms with Gasteiger partial charge in [-0.2, -0.15) is 0 Å². The van der Waals surface area contributed by atoms with Crippen molar-refractivity contribution in [1.29, 1.82) is 0 Å². The molecule has 64 valence electrons. The van der Waals surface area contributed by atoms with Gasteiger partial charge in [0.25, 0.3) is 0 Å². The fourth-order valence-corrected chi connectivity index (χ4v) is 0.874. The Hall–Kier alpha value is -0.550. The summed E-state index contributed by atoms with van der Waals surface area (Å²) in [5, 5.41) is 17.3. The first-order valence-corrected chi connectivity index (χ1v) is 3.85. The van der Waals surface area contributed by atoms with E-state index in [9.17, 15) is 0 Å². The summed E-state index contributed by atoms with van der Waals surface area (Å²) in [4.78, 5) is 4.43. The van der Waals surface area contributed by atoms with Crippen LogP contribution < -0.4 is 0 Å². The van der Waals surface area contributed by atoms with E-state index in [1.54, 1.807) is 5.01 Å². The molecule has 11 heavy (non-hydrogen) atoms. The number of nitrogens with zero attached hydrogens (tertiary/aromatic N) is 3. The van der Waals surface area contributed by atoms with Crippen molar-refractivity contribution < 1.29 is 9.94 Å². The maximum absolute atomic E-state index is 8.62. The Morgan fingerprint density at radius 2 is 2.36 bits per heavy atom. The zero-order valence-corrected chi connectivity index (χ0v) is 6.74. The minimum Gasteiger partial charge on any atom is -0.396 e. The molecule has 0 spiro atoms. The van der Waals surface area contributed by atoms with Gasteiger partial charge in [-0.1, -0.05) is 11.6 Å². The van der Waals surface area contributed by atoms with Crippen LogP contribution in [0.2, 0.25) is 0 Å². The van der Waals surface area contributed by atoms with E-state index in [1.807, 2.05) is 0 Å². The van der Waals surface area contributed by atoms with Crippen molar-refractivity contribution in [3.8, 4) is 0 Å². The summed E-state index contributed by atoms with van der Waals surface area (Å²) in [7, 11) is 0. The number of hydrogen-bond donors (Lipinski definition) is 1. The Balaban J connectivity index is 2.03. The molecule has 1 heterocycles. The maximum Gasteiger partial charge on any atom is 0.192 e. The average Bonchev–Trinajstić information content (AvgIpc) is 1.94. The minimum absolute atomic E-state index is 0.0147. The Bertz CT molecular complexity index is 138. The summed E-state index contributed by atoms with van der Waals surface area (Å²) in [6.07, 6.45) is 0. The number of alkyl halides is 1. The molecule has 0 radical (unpaired) electrons. The molecule has 0 bridgehead atoms. The number of hydrogen-bond acceptors (Lipinski definition) is 4. The Morgan fingerprint density at radius 3 is 2.91 bits per heavy atom. The molecule has 1 N–H and O–H groups in total. The molecule has 0 aromatic carbocycles. The number of rotatable bonds is 4. The van der Waals surface area contributed by atoms with Crippen molar-refractivity contribution in [2.75, 3.05) is 25.8 Å². The highest BCUT2D eigenvalue weighted by molar-refractivity contribution is 6.17. The molecule has 5 nitrogen and oxygen atoms in total. The predicted octanol–water partition coefficient (Wildman–Crippen LogP) is 0.406. The number of halogens is 1. The summed E-state index contributed by atoms with van der Waals surface area (Å²) >= 11 is 5.17. The quantitative estimate of drug-likeness (QED) is 0.386. The second kappa shape index (κ2) is 4.35. The van der Waals surface area contributed by atoms with Gasteiger partial charge in [0.2, 0.25) is 0 Å². The lowest BCUT2D eigenvalue weighted by Crippen LogP contribution is -2.44. The average molecular weight is 180 g/mol. The van der Waals surface area contributed by atoms with E-state index in [-0.39, 0.29) is 12.7 Å². The van der Waals surface area contributed by atoms with Crippen molar-refractivity contribution in [1.82, 2.24) is 5.01 Å². The van der Waals surface area contributed by atoms with Gasteiger partial charge >= 0.3 is 0 Å². The van der Waals surface area contributed by atoms with Crippen molar-refractivity contribution in [3.05, 3.63) is 0 Å². The molecule has 6 heteroatoms. The van der Waals surface area contributed by atoms with Crippen LogP contribution in [0.5, 0.6) is 0 Å². The fourth-order valence-electron chi connectivity index (χ4n) is 0.830. The van der Waals surface area contributed by atoms with Gasteiger partial charge in [-0.25, -0.2) is 0 Å². The predicted molar refractivity (Wildman–Crippen MR) is 38.8 cm³/mol. The molecule has 0 amide bonds. The summed E-state index contributed by atoms with van der Waals surface area (Å²) in [6.45, 7) is 1.69. The lowest BCUT2D eigenvalue weighted by Gasteiger charge is -2.33. The zero-order chi connectivity index (χ0) is 8.10. The van der Waals surface area contributed by atoms with Crippen molar-refractivity contribution in [2.45, 2.75) is 0 Å². The largest absolute Gasteiger partial charge is 0.396 e. The third-order valence-electron chi connectivity index (χ3n) is 1.47. The molecule has 0 atom stereocenters. The zero-order valence-electron chi connectivity index (χ0n) is 5.98. The summed E-state index contributed by atoms with van der Waals surface area (Å²) in [6, 6.07) is 0.0147. The molecule has 0 saturated carbocycles. The first-order valence-electron chi connectivity index (χ1n) is 3.31. The van der Waals surface area contributed by atoms with Crippen LogP contribution in [0.4, 0.5) is 0 Å². The maximum atomic E-state index is 8.62. The Morgan fingerprint density at radius 1 is 1.64 bits per heavy atom. The molecule has 1 fully saturated rings. The van der Waals surface area contributed by atoms with Crippen LogP contribution in [-0.2, 0) is 4.84 Å². The molecule has 1 rings (SSSR count). The highest BCUT2D eigenvalue weighted by atomic mass is 35.5. The van der Waals surface area contributed by atoms with E-state index in [0.29, 0.717) is 5.92 Å². The lowest BCUT2D eigenvalue weighted by molar-refractivity contribution is 0.0266. The molecular formula is C5H10ClN3O2. The SMILES string of the molecule is OCC1CN(N=NOCCl)C1. The van der Waals surface area contributed by atoms with Crippen LogP contribution in [0.1, 0.15) is 0 Å². The van der Waals surface area contributed by atoms with Crippen LogP contribution in [0.15, 0.2) is 10.5 Å². The monoisotopic (exact) mass is 179 g/mol. The van der Waals surface area contributed by atoms with E-state index in [4.69, 9.17) is 16.7 Å². The molecule has 0 unspecified atom stereocenters. The lowest BCUT2D eigenvalue weighted by atomic mass is 10.0. The van der Waals surface area contributed by atoms with E-state index in [1.165, 1.54) is 0 Å². The first kappa shape index (κ1) is 8.55. The van der Waals surface area contributed by atoms with Gasteiger partial charge < -0.3 is 9.94 Å². The van der Waals surface area contributed by atoms with Gasteiger partial charge in [0, 0.05) is 30.9 Å². The van der Waals surface area contributed by atoms with Gasteiger partial charge in [-0.3, -0.25) is 5.01 Å². The smallest absolute Gasteiger partial charge is 0.192 e. The summed E-state index contributed by atoms with van der Waals surface area (Å²) in [5.41, 5.74) is 0. The van der Waals surface area contributed by atoms with Crippen molar-refractivity contribution in [3.63, 3.8) is 0 Å². The molecular weight excluding hydrogens is 170 g/mol. The van der Waals surface area contributed by atoms with Crippen LogP contribution in [0, 0.1) is 5.92 Å². The van der Waals surface area contributed by atoms with Gasteiger partial charge in [0.15, 0.2) is 6.07 Å². The topological polar surface area (TPSA) is 57.4 Å². The van der Waals surface area contributed by atoms with Crippen molar-refractivity contribution >= 4 is 11.6 Å². The molecule has 0 aromatic heterocycles. The summed E-state index contributed by atoms with van der Waals surface area (Å²) < 4.78 is 0. The second-order valence-electron chi connectivity index (χ2n) is 2.33. The van der Waals surface area contributed by atoms with E-state index in [0.717, 1.165) is 13.1 Å². The highest BCUT2D eigenvalue weighted by Gasteiger charge is 2.24. The van der Waals surface area contributed by atoms with Crippen LogP contribution in [0.25, 0.3) is 0 Å².